The van der Waals surface area contributed by atoms with Crippen LogP contribution in [0.25, 0.3) is 0 Å². The topological polar surface area (TPSA) is 66.8 Å². The predicted molar refractivity (Wildman–Crippen MR) is 78.9 cm³/mol. The Kier molecular flexibility index (Phi) is 3.87. The van der Waals surface area contributed by atoms with Crippen LogP contribution in [0.1, 0.15) is 58.3 Å². The summed E-state index contributed by atoms with van der Waals surface area (Å²) in [5.74, 6) is -0.714. The molecule has 2 N–H and O–H groups in total. The van der Waals surface area contributed by atoms with Crippen molar-refractivity contribution < 1.29 is 19.7 Å². The number of hydrogen-bond donors (Lipinski definition) is 2. The molecule has 4 nitrogen and oxygen atoms in total. The first kappa shape index (κ1) is 15.0. The molecule has 118 valence electrons. The number of ether oxygens (including phenoxy) is 1. The van der Waals surface area contributed by atoms with E-state index in [1.165, 1.54) is 18.4 Å². The monoisotopic (exact) mass is 294 g/mol. The smallest absolute Gasteiger partial charge is 0.338 e. The Hall–Kier alpha value is -0.870. The van der Waals surface area contributed by atoms with E-state index in [0.29, 0.717) is 25.4 Å². The summed E-state index contributed by atoms with van der Waals surface area (Å²) in [5, 5.41) is 19.9. The highest BCUT2D eigenvalue weighted by molar-refractivity contribution is 5.78. The van der Waals surface area contributed by atoms with Gasteiger partial charge in [0.1, 0.15) is 0 Å². The molecule has 1 aliphatic heterocycles. The highest BCUT2D eigenvalue weighted by Crippen LogP contribution is 2.59. The Morgan fingerprint density at radius 3 is 3.00 bits per heavy atom. The van der Waals surface area contributed by atoms with E-state index in [1.54, 1.807) is 0 Å². The van der Waals surface area contributed by atoms with Gasteiger partial charge in [-0.15, -0.1) is 0 Å². The number of rotatable bonds is 4. The zero-order chi connectivity index (χ0) is 15.1. The molecule has 3 fully saturated rings. The largest absolute Gasteiger partial charge is 0.479 e. The van der Waals surface area contributed by atoms with E-state index in [9.17, 15) is 15.0 Å². The van der Waals surface area contributed by atoms with Crippen molar-refractivity contribution in [3.05, 3.63) is 11.6 Å². The highest BCUT2D eigenvalue weighted by Gasteiger charge is 2.60. The zero-order valence-corrected chi connectivity index (χ0v) is 12.8. The maximum Gasteiger partial charge on any atom is 0.338 e. The second kappa shape index (κ2) is 5.40. The minimum atomic E-state index is -1.69. The molecule has 2 aliphatic carbocycles. The lowest BCUT2D eigenvalue weighted by Crippen LogP contribution is -2.49. The van der Waals surface area contributed by atoms with Crippen molar-refractivity contribution in [3.63, 3.8) is 0 Å². The summed E-state index contributed by atoms with van der Waals surface area (Å²) < 4.78 is 5.75. The average molecular weight is 294 g/mol. The molecule has 4 atom stereocenters. The first-order valence-corrected chi connectivity index (χ1v) is 8.28. The molecule has 0 radical (unpaired) electrons. The van der Waals surface area contributed by atoms with E-state index in [0.717, 1.165) is 25.7 Å². The van der Waals surface area contributed by atoms with E-state index < -0.39 is 17.7 Å². The number of allylic oxidation sites excluding steroid dienone is 2. The molecule has 2 bridgehead atoms. The number of aliphatic carboxylic acids is 1. The average Bonchev–Trinajstić information content (AvgIpc) is 2.99. The molecule has 2 saturated carbocycles. The van der Waals surface area contributed by atoms with Gasteiger partial charge in [-0.2, -0.15) is 0 Å². The molecule has 0 aromatic carbocycles. The van der Waals surface area contributed by atoms with E-state index >= 15 is 0 Å². The summed E-state index contributed by atoms with van der Waals surface area (Å²) in [6.45, 7) is 2.81. The maximum atomic E-state index is 11.5. The third-order valence-corrected chi connectivity index (χ3v) is 5.94. The lowest BCUT2D eigenvalue weighted by molar-refractivity contribution is -0.174. The minimum absolute atomic E-state index is 0.0860. The van der Waals surface area contributed by atoms with Crippen LogP contribution in [0, 0.1) is 11.3 Å². The molecule has 0 aromatic heterocycles. The molecular weight excluding hydrogens is 268 g/mol. The van der Waals surface area contributed by atoms with Crippen molar-refractivity contribution in [2.45, 2.75) is 70.0 Å². The van der Waals surface area contributed by atoms with Crippen LogP contribution in [0.15, 0.2) is 11.6 Å². The van der Waals surface area contributed by atoms with E-state index in [1.807, 2.05) is 0 Å². The van der Waals surface area contributed by atoms with Crippen LogP contribution in [0.4, 0.5) is 0 Å². The number of carboxylic acid groups (broad SMARTS) is 1. The lowest BCUT2D eigenvalue weighted by atomic mass is 9.75. The van der Waals surface area contributed by atoms with Crippen LogP contribution in [0.3, 0.4) is 0 Å². The van der Waals surface area contributed by atoms with E-state index in [2.05, 4.69) is 13.0 Å². The first-order chi connectivity index (χ1) is 10.0. The number of hydrogen-bond acceptors (Lipinski definition) is 3. The second-order valence-corrected chi connectivity index (χ2v) is 7.11. The van der Waals surface area contributed by atoms with Crippen LogP contribution >= 0.6 is 0 Å². The summed E-state index contributed by atoms with van der Waals surface area (Å²) in [7, 11) is 0. The highest BCUT2D eigenvalue weighted by atomic mass is 16.5. The Bertz CT molecular complexity index is 458. The fraction of sp³-hybridized carbons (Fsp3) is 0.824. The van der Waals surface area contributed by atoms with E-state index in [-0.39, 0.29) is 5.41 Å². The predicted octanol–water partition coefficient (Wildman–Crippen LogP) is 2.90. The van der Waals surface area contributed by atoms with Crippen molar-refractivity contribution in [1.82, 2.24) is 0 Å². The normalized spacial score (nSPS) is 43.8. The van der Waals surface area contributed by atoms with Gasteiger partial charge in [-0.1, -0.05) is 31.4 Å². The van der Waals surface area contributed by atoms with Crippen LogP contribution in [0.2, 0.25) is 0 Å². The molecule has 3 rings (SSSR count). The Balaban J connectivity index is 1.84. The standard InChI is InChI=1S/C17H26O4/c1-2-3-4-5-12-6-8-16-10-14(21-11-16)17(20,15(18)19)9-7-13(12)16/h5,13-14,20H,2-4,6-11H2,1H3,(H,18,19)/b12-5+/t13-,14+,16+,17+/m0/s1. The third-order valence-electron chi connectivity index (χ3n) is 5.94. The van der Waals surface area contributed by atoms with Gasteiger partial charge in [-0.05, 0) is 44.4 Å². The number of carboxylic acids is 1. The minimum Gasteiger partial charge on any atom is -0.479 e. The van der Waals surface area contributed by atoms with Gasteiger partial charge in [0, 0.05) is 5.41 Å². The molecular formula is C17H26O4. The zero-order valence-electron chi connectivity index (χ0n) is 12.8. The first-order valence-electron chi connectivity index (χ1n) is 8.28. The van der Waals surface area contributed by atoms with Crippen molar-refractivity contribution in [2.24, 2.45) is 11.3 Å². The molecule has 4 heteroatoms. The van der Waals surface area contributed by atoms with Gasteiger partial charge in [0.25, 0.3) is 0 Å². The third kappa shape index (κ3) is 2.33. The fourth-order valence-corrected chi connectivity index (χ4v) is 4.61. The molecule has 1 heterocycles. The second-order valence-electron chi connectivity index (χ2n) is 7.11. The van der Waals surface area contributed by atoms with Gasteiger partial charge >= 0.3 is 5.97 Å². The Labute approximate surface area is 126 Å². The summed E-state index contributed by atoms with van der Waals surface area (Å²) >= 11 is 0. The summed E-state index contributed by atoms with van der Waals surface area (Å²) in [6, 6.07) is 0. The van der Waals surface area contributed by atoms with Gasteiger partial charge < -0.3 is 14.9 Å². The van der Waals surface area contributed by atoms with Gasteiger partial charge in [0.15, 0.2) is 5.60 Å². The van der Waals surface area contributed by atoms with Crippen LogP contribution in [-0.2, 0) is 9.53 Å². The number of fused-ring (bicyclic) bond motifs is 1. The van der Waals surface area contributed by atoms with Gasteiger partial charge in [0.05, 0.1) is 12.7 Å². The summed E-state index contributed by atoms with van der Waals surface area (Å²) in [6.07, 6.45) is 9.36. The van der Waals surface area contributed by atoms with Crippen LogP contribution in [0.5, 0.6) is 0 Å². The Morgan fingerprint density at radius 2 is 2.29 bits per heavy atom. The molecule has 0 unspecified atom stereocenters. The molecule has 21 heavy (non-hydrogen) atoms. The number of aliphatic hydroxyl groups is 1. The van der Waals surface area contributed by atoms with E-state index in [4.69, 9.17) is 4.74 Å². The van der Waals surface area contributed by atoms with Gasteiger partial charge in [0.2, 0.25) is 0 Å². The van der Waals surface area contributed by atoms with Crippen molar-refractivity contribution in [1.29, 1.82) is 0 Å². The summed E-state index contributed by atoms with van der Waals surface area (Å²) in [4.78, 5) is 11.5. The molecule has 3 aliphatic rings. The molecule has 0 aromatic rings. The summed E-state index contributed by atoms with van der Waals surface area (Å²) in [5.41, 5.74) is -0.118. The fourth-order valence-electron chi connectivity index (χ4n) is 4.61. The SMILES string of the molecule is CCCC/C=C1\CC[C@]23CO[C@H](C2)[C@@](O)(C(=O)O)CC[C@@H]13. The molecule has 0 amide bonds. The number of carbonyl (C=O) groups is 1. The van der Waals surface area contributed by atoms with Crippen LogP contribution < -0.4 is 0 Å². The molecule has 1 spiro atoms. The van der Waals surface area contributed by atoms with Crippen molar-refractivity contribution in [3.8, 4) is 0 Å². The quantitative estimate of drug-likeness (QED) is 0.618. The van der Waals surface area contributed by atoms with Crippen molar-refractivity contribution in [2.75, 3.05) is 6.61 Å². The van der Waals surface area contributed by atoms with Gasteiger partial charge in [-0.25, -0.2) is 4.79 Å². The Morgan fingerprint density at radius 1 is 1.48 bits per heavy atom. The maximum absolute atomic E-state index is 11.5. The van der Waals surface area contributed by atoms with Gasteiger partial charge in [-0.3, -0.25) is 0 Å². The number of unbranched alkanes of at least 4 members (excludes halogenated alkanes) is 2. The lowest BCUT2D eigenvalue weighted by Gasteiger charge is -2.31. The van der Waals surface area contributed by atoms with Crippen molar-refractivity contribution >= 4 is 5.97 Å². The van der Waals surface area contributed by atoms with Crippen LogP contribution in [-0.4, -0.2) is 34.5 Å². The molecule has 1 saturated heterocycles.